The Labute approximate surface area is 93.8 Å². The Hall–Kier alpha value is -0.0900. The topological polar surface area (TPSA) is 54.4 Å². The van der Waals surface area contributed by atoms with E-state index < -0.39 is 9.84 Å². The molecule has 0 aromatic heterocycles. The molecule has 1 N–H and O–H groups in total. The van der Waals surface area contributed by atoms with Gasteiger partial charge in [-0.05, 0) is 32.1 Å². The third kappa shape index (κ3) is 8.88. The average Bonchev–Trinajstić information content (AvgIpc) is 2.13. The highest BCUT2D eigenvalue weighted by molar-refractivity contribution is 7.91. The van der Waals surface area contributed by atoms with Crippen LogP contribution in [0.4, 0.5) is 0 Å². The summed E-state index contributed by atoms with van der Waals surface area (Å²) >= 11 is 0. The monoisotopic (exact) mass is 236 g/mol. The van der Waals surface area contributed by atoms with Crippen molar-refractivity contribution in [2.45, 2.75) is 58.5 Å². The zero-order valence-corrected chi connectivity index (χ0v) is 10.7. The second-order valence-corrected chi connectivity index (χ2v) is 6.39. The molecular weight excluding hydrogens is 212 g/mol. The lowest BCUT2D eigenvalue weighted by atomic mass is 10.1. The molecule has 1 atom stereocenters. The molecule has 0 radical (unpaired) electrons. The van der Waals surface area contributed by atoms with E-state index in [2.05, 4.69) is 0 Å². The Bertz CT molecular complexity index is 234. The fourth-order valence-corrected chi connectivity index (χ4v) is 3.06. The van der Waals surface area contributed by atoms with E-state index in [9.17, 15) is 13.5 Å². The normalized spacial score (nSPS) is 14.1. The van der Waals surface area contributed by atoms with E-state index in [-0.39, 0.29) is 11.9 Å². The highest BCUT2D eigenvalue weighted by Gasteiger charge is 2.09. The van der Waals surface area contributed by atoms with Gasteiger partial charge >= 0.3 is 0 Å². The van der Waals surface area contributed by atoms with Gasteiger partial charge in [-0.2, -0.15) is 0 Å². The van der Waals surface area contributed by atoms with Crippen LogP contribution in [0.1, 0.15) is 52.4 Å². The molecule has 1 unspecified atom stereocenters. The van der Waals surface area contributed by atoms with Gasteiger partial charge in [0.25, 0.3) is 0 Å². The predicted molar refractivity (Wildman–Crippen MR) is 63.7 cm³/mol. The number of sulfone groups is 1. The first-order chi connectivity index (χ1) is 7.02. The molecule has 0 aromatic carbocycles. The third-order valence-corrected chi connectivity index (χ3v) is 4.32. The number of hydrogen-bond donors (Lipinski definition) is 1. The Balaban J connectivity index is 3.54. The van der Waals surface area contributed by atoms with Crippen LogP contribution < -0.4 is 0 Å². The Morgan fingerprint density at radius 3 is 2.20 bits per heavy atom. The van der Waals surface area contributed by atoms with Crippen molar-refractivity contribution in [1.82, 2.24) is 0 Å². The lowest BCUT2D eigenvalue weighted by Gasteiger charge is -2.08. The van der Waals surface area contributed by atoms with Gasteiger partial charge in [-0.25, -0.2) is 8.42 Å². The third-order valence-electron chi connectivity index (χ3n) is 2.38. The molecule has 15 heavy (non-hydrogen) atoms. The van der Waals surface area contributed by atoms with Gasteiger partial charge in [0.1, 0.15) is 9.84 Å². The molecule has 0 saturated carbocycles. The van der Waals surface area contributed by atoms with E-state index in [1.165, 1.54) is 0 Å². The van der Waals surface area contributed by atoms with E-state index in [1.807, 2.05) is 13.8 Å². The van der Waals surface area contributed by atoms with Gasteiger partial charge in [0.2, 0.25) is 0 Å². The Morgan fingerprint density at radius 2 is 1.67 bits per heavy atom. The summed E-state index contributed by atoms with van der Waals surface area (Å²) in [4.78, 5) is 0. The summed E-state index contributed by atoms with van der Waals surface area (Å²) in [5, 5.41) is 9.43. The Kier molecular flexibility index (Phi) is 8.06. The minimum atomic E-state index is -2.82. The predicted octanol–water partition coefficient (Wildman–Crippen LogP) is 2.14. The molecule has 0 rings (SSSR count). The summed E-state index contributed by atoms with van der Waals surface area (Å²) in [6, 6.07) is 0. The van der Waals surface area contributed by atoms with E-state index in [1.54, 1.807) is 0 Å². The van der Waals surface area contributed by atoms with E-state index in [0.29, 0.717) is 18.6 Å². The van der Waals surface area contributed by atoms with Crippen LogP contribution >= 0.6 is 0 Å². The van der Waals surface area contributed by atoms with Gasteiger partial charge in [0, 0.05) is 5.75 Å². The van der Waals surface area contributed by atoms with Crippen LogP contribution in [0.15, 0.2) is 0 Å². The number of aliphatic hydroxyl groups excluding tert-OH is 1. The van der Waals surface area contributed by atoms with E-state index in [4.69, 9.17) is 0 Å². The minimum Gasteiger partial charge on any atom is -0.393 e. The summed E-state index contributed by atoms with van der Waals surface area (Å²) in [5.41, 5.74) is 0. The van der Waals surface area contributed by atoms with Crippen LogP contribution in [0.25, 0.3) is 0 Å². The van der Waals surface area contributed by atoms with Gasteiger partial charge in [-0.1, -0.05) is 20.3 Å². The quantitative estimate of drug-likeness (QED) is 0.624. The fraction of sp³-hybridized carbons (Fsp3) is 1.00. The molecule has 0 fully saturated rings. The first kappa shape index (κ1) is 14.9. The molecule has 0 bridgehead atoms. The molecular formula is C11H24O3S. The maximum atomic E-state index is 11.3. The van der Waals surface area contributed by atoms with Crippen molar-refractivity contribution >= 4 is 9.84 Å². The zero-order chi connectivity index (χ0) is 11.7. The van der Waals surface area contributed by atoms with Crippen LogP contribution in [0.5, 0.6) is 0 Å². The molecule has 0 amide bonds. The van der Waals surface area contributed by atoms with Gasteiger partial charge in [0.15, 0.2) is 0 Å². The molecule has 0 heterocycles. The maximum Gasteiger partial charge on any atom is 0.150 e. The summed E-state index contributed by atoms with van der Waals surface area (Å²) < 4.78 is 22.7. The van der Waals surface area contributed by atoms with Gasteiger partial charge in [-0.3, -0.25) is 0 Å². The molecule has 0 aromatic rings. The lowest BCUT2D eigenvalue weighted by Crippen LogP contribution is -2.11. The molecule has 0 spiro atoms. The molecule has 0 saturated heterocycles. The number of aliphatic hydroxyl groups is 1. The van der Waals surface area contributed by atoms with Crippen molar-refractivity contribution < 1.29 is 13.5 Å². The van der Waals surface area contributed by atoms with Crippen molar-refractivity contribution in [1.29, 1.82) is 0 Å². The van der Waals surface area contributed by atoms with Crippen LogP contribution in [0.3, 0.4) is 0 Å². The summed E-state index contributed by atoms with van der Waals surface area (Å²) in [6.07, 6.45) is 4.48. The first-order valence-electron chi connectivity index (χ1n) is 5.90. The van der Waals surface area contributed by atoms with Crippen molar-refractivity contribution in [2.24, 2.45) is 0 Å². The standard InChI is InChI=1S/C11H24O3S/c1-3-7-11(12)8-5-6-10-15(13,14)9-4-2/h11-12H,3-10H2,1-2H3. The molecule has 4 heteroatoms. The first-order valence-corrected chi connectivity index (χ1v) is 7.72. The van der Waals surface area contributed by atoms with Crippen LogP contribution in [-0.4, -0.2) is 31.1 Å². The maximum absolute atomic E-state index is 11.3. The second-order valence-electron chi connectivity index (χ2n) is 4.09. The lowest BCUT2D eigenvalue weighted by molar-refractivity contribution is 0.151. The Morgan fingerprint density at radius 1 is 1.00 bits per heavy atom. The van der Waals surface area contributed by atoms with Crippen LogP contribution in [-0.2, 0) is 9.84 Å². The number of unbranched alkanes of at least 4 members (excludes halogenated alkanes) is 1. The van der Waals surface area contributed by atoms with Crippen molar-refractivity contribution in [3.05, 3.63) is 0 Å². The average molecular weight is 236 g/mol. The fourth-order valence-electron chi connectivity index (χ4n) is 1.59. The molecule has 0 aliphatic heterocycles. The van der Waals surface area contributed by atoms with E-state index in [0.717, 1.165) is 25.7 Å². The largest absolute Gasteiger partial charge is 0.393 e. The van der Waals surface area contributed by atoms with Gasteiger partial charge < -0.3 is 5.11 Å². The summed E-state index contributed by atoms with van der Waals surface area (Å²) in [6.45, 7) is 3.91. The summed E-state index contributed by atoms with van der Waals surface area (Å²) in [7, 11) is -2.82. The van der Waals surface area contributed by atoms with E-state index >= 15 is 0 Å². The van der Waals surface area contributed by atoms with Gasteiger partial charge in [-0.15, -0.1) is 0 Å². The zero-order valence-electron chi connectivity index (χ0n) is 9.91. The molecule has 92 valence electrons. The minimum absolute atomic E-state index is 0.246. The van der Waals surface area contributed by atoms with Crippen molar-refractivity contribution in [3.63, 3.8) is 0 Å². The second kappa shape index (κ2) is 8.11. The summed E-state index contributed by atoms with van der Waals surface area (Å²) in [5.74, 6) is 0.574. The molecule has 3 nitrogen and oxygen atoms in total. The van der Waals surface area contributed by atoms with Gasteiger partial charge in [0.05, 0.1) is 11.9 Å². The highest BCUT2D eigenvalue weighted by Crippen LogP contribution is 2.08. The van der Waals surface area contributed by atoms with Crippen molar-refractivity contribution in [3.8, 4) is 0 Å². The SMILES string of the molecule is CCCC(O)CCCCS(=O)(=O)CCC. The highest BCUT2D eigenvalue weighted by atomic mass is 32.2. The van der Waals surface area contributed by atoms with Crippen LogP contribution in [0, 0.1) is 0 Å². The number of hydrogen-bond acceptors (Lipinski definition) is 3. The molecule has 0 aliphatic carbocycles. The van der Waals surface area contributed by atoms with Crippen molar-refractivity contribution in [2.75, 3.05) is 11.5 Å². The van der Waals surface area contributed by atoms with Crippen LogP contribution in [0.2, 0.25) is 0 Å². The number of rotatable bonds is 9. The molecule has 0 aliphatic rings. The smallest absolute Gasteiger partial charge is 0.150 e.